The third kappa shape index (κ3) is 1.20. The highest BCUT2D eigenvalue weighted by Gasteiger charge is 2.35. The van der Waals surface area contributed by atoms with Gasteiger partial charge in [0.1, 0.15) is 6.23 Å². The topological polar surface area (TPSA) is 24.6 Å². The molecule has 0 bridgehead atoms. The van der Waals surface area contributed by atoms with E-state index < -0.39 is 0 Å². The first-order chi connectivity index (χ1) is 3.88. The number of epoxide rings is 1. The highest BCUT2D eigenvalue weighted by atomic mass is 16.6. The summed E-state index contributed by atoms with van der Waals surface area (Å²) in [5.41, 5.74) is 0. The Morgan fingerprint density at radius 3 is 2.75 bits per heavy atom. The zero-order chi connectivity index (χ0) is 5.98. The second-order valence-electron chi connectivity index (χ2n) is 2.17. The van der Waals surface area contributed by atoms with E-state index in [4.69, 9.17) is 4.74 Å². The van der Waals surface area contributed by atoms with Gasteiger partial charge in [0.05, 0.1) is 6.10 Å². The summed E-state index contributed by atoms with van der Waals surface area (Å²) >= 11 is 0. The van der Waals surface area contributed by atoms with Gasteiger partial charge in [-0.1, -0.05) is 13.3 Å². The Kier molecular flexibility index (Phi) is 1.86. The van der Waals surface area contributed by atoms with Crippen molar-refractivity contribution in [2.24, 2.45) is 0 Å². The number of nitrogens with one attached hydrogen (secondary N) is 1. The fourth-order valence-corrected chi connectivity index (χ4v) is 0.901. The number of likely N-dealkylation sites (N-methyl/N-ethyl adjacent to an activating group) is 1. The van der Waals surface area contributed by atoms with E-state index in [1.165, 1.54) is 12.8 Å². The van der Waals surface area contributed by atoms with Crippen LogP contribution in [0, 0.1) is 0 Å². The van der Waals surface area contributed by atoms with Gasteiger partial charge in [0.15, 0.2) is 0 Å². The molecule has 48 valence electrons. The molecular formula is C6H13NO. The van der Waals surface area contributed by atoms with Crippen LogP contribution in [0.2, 0.25) is 0 Å². The molecule has 2 nitrogen and oxygen atoms in total. The predicted octanol–water partition coefficient (Wildman–Crippen LogP) is 0.731. The lowest BCUT2D eigenvalue weighted by Crippen LogP contribution is -2.12. The number of hydrogen-bond acceptors (Lipinski definition) is 2. The molecule has 1 fully saturated rings. The van der Waals surface area contributed by atoms with Crippen LogP contribution in [0.4, 0.5) is 0 Å². The average Bonchev–Trinajstić information content (AvgIpc) is 2.48. The molecule has 8 heavy (non-hydrogen) atoms. The summed E-state index contributed by atoms with van der Waals surface area (Å²) in [5.74, 6) is 0. The van der Waals surface area contributed by atoms with E-state index in [-0.39, 0.29) is 0 Å². The Labute approximate surface area is 50.2 Å². The molecular weight excluding hydrogens is 102 g/mol. The van der Waals surface area contributed by atoms with E-state index in [1.807, 2.05) is 7.05 Å². The van der Waals surface area contributed by atoms with Gasteiger partial charge < -0.3 is 4.74 Å². The van der Waals surface area contributed by atoms with Gasteiger partial charge >= 0.3 is 0 Å². The second-order valence-corrected chi connectivity index (χ2v) is 2.17. The minimum atomic E-state index is 0.370. The molecule has 1 aliphatic rings. The molecule has 0 aliphatic carbocycles. The molecule has 1 heterocycles. The van der Waals surface area contributed by atoms with Gasteiger partial charge in [-0.3, -0.25) is 5.32 Å². The summed E-state index contributed by atoms with van der Waals surface area (Å²) in [5, 5.41) is 3.05. The maximum absolute atomic E-state index is 5.20. The summed E-state index contributed by atoms with van der Waals surface area (Å²) in [7, 11) is 1.93. The normalized spacial score (nSPS) is 35.2. The van der Waals surface area contributed by atoms with E-state index in [2.05, 4.69) is 12.2 Å². The van der Waals surface area contributed by atoms with E-state index in [9.17, 15) is 0 Å². The van der Waals surface area contributed by atoms with E-state index >= 15 is 0 Å². The Morgan fingerprint density at radius 2 is 2.38 bits per heavy atom. The number of ether oxygens (including phenoxy) is 1. The Balaban J connectivity index is 1.99. The SMILES string of the molecule is CCCC1OC1NC. The standard InChI is InChI=1S/C6H13NO/c1-3-4-5-6(7-2)8-5/h5-7H,3-4H2,1-2H3. The fourth-order valence-electron chi connectivity index (χ4n) is 0.901. The molecule has 1 saturated heterocycles. The van der Waals surface area contributed by atoms with Gasteiger partial charge in [0, 0.05) is 0 Å². The molecule has 0 saturated carbocycles. The molecule has 0 aromatic heterocycles. The summed E-state index contributed by atoms with van der Waals surface area (Å²) in [6.07, 6.45) is 3.31. The smallest absolute Gasteiger partial charge is 0.135 e. The third-order valence-electron chi connectivity index (χ3n) is 1.44. The highest BCUT2D eigenvalue weighted by molar-refractivity contribution is 4.79. The van der Waals surface area contributed by atoms with Crippen LogP contribution in [-0.2, 0) is 4.74 Å². The molecule has 2 unspecified atom stereocenters. The van der Waals surface area contributed by atoms with Crippen molar-refractivity contribution < 1.29 is 4.74 Å². The molecule has 1 aliphatic heterocycles. The number of rotatable bonds is 3. The molecule has 0 amide bonds. The first-order valence-electron chi connectivity index (χ1n) is 3.21. The lowest BCUT2D eigenvalue weighted by Gasteiger charge is -1.86. The van der Waals surface area contributed by atoms with Crippen LogP contribution in [0.1, 0.15) is 19.8 Å². The van der Waals surface area contributed by atoms with Crippen molar-refractivity contribution in [3.8, 4) is 0 Å². The summed E-state index contributed by atoms with van der Waals surface area (Å²) < 4.78 is 5.20. The van der Waals surface area contributed by atoms with Crippen molar-refractivity contribution in [2.45, 2.75) is 32.1 Å². The van der Waals surface area contributed by atoms with Crippen LogP contribution in [-0.4, -0.2) is 19.4 Å². The van der Waals surface area contributed by atoms with Crippen molar-refractivity contribution in [2.75, 3.05) is 7.05 Å². The molecule has 0 spiro atoms. The number of hydrogen-bond donors (Lipinski definition) is 1. The maximum Gasteiger partial charge on any atom is 0.135 e. The van der Waals surface area contributed by atoms with Crippen LogP contribution in [0.25, 0.3) is 0 Å². The molecule has 2 heteroatoms. The summed E-state index contributed by atoms with van der Waals surface area (Å²) in [4.78, 5) is 0. The van der Waals surface area contributed by atoms with E-state index in [1.54, 1.807) is 0 Å². The molecule has 0 aromatic rings. The van der Waals surface area contributed by atoms with Crippen LogP contribution in [0.5, 0.6) is 0 Å². The van der Waals surface area contributed by atoms with Crippen LogP contribution in [0.15, 0.2) is 0 Å². The quantitative estimate of drug-likeness (QED) is 0.548. The monoisotopic (exact) mass is 115 g/mol. The van der Waals surface area contributed by atoms with Crippen molar-refractivity contribution in [1.29, 1.82) is 0 Å². The minimum Gasteiger partial charge on any atom is -0.353 e. The lowest BCUT2D eigenvalue weighted by molar-refractivity contribution is 0.347. The maximum atomic E-state index is 5.20. The Hall–Kier alpha value is -0.0800. The molecule has 2 atom stereocenters. The van der Waals surface area contributed by atoms with Crippen molar-refractivity contribution >= 4 is 0 Å². The van der Waals surface area contributed by atoms with E-state index in [0.717, 1.165) is 0 Å². The van der Waals surface area contributed by atoms with Crippen molar-refractivity contribution in [3.63, 3.8) is 0 Å². The first-order valence-corrected chi connectivity index (χ1v) is 3.21. The van der Waals surface area contributed by atoms with Crippen molar-refractivity contribution in [1.82, 2.24) is 5.32 Å². The Bertz CT molecular complexity index is 74.9. The molecule has 1 rings (SSSR count). The van der Waals surface area contributed by atoms with Gasteiger partial charge in [-0.15, -0.1) is 0 Å². The van der Waals surface area contributed by atoms with Crippen LogP contribution >= 0.6 is 0 Å². The third-order valence-corrected chi connectivity index (χ3v) is 1.44. The van der Waals surface area contributed by atoms with Crippen molar-refractivity contribution in [3.05, 3.63) is 0 Å². The zero-order valence-electron chi connectivity index (χ0n) is 5.48. The molecule has 1 N–H and O–H groups in total. The van der Waals surface area contributed by atoms with Gasteiger partial charge in [0.25, 0.3) is 0 Å². The average molecular weight is 115 g/mol. The van der Waals surface area contributed by atoms with Gasteiger partial charge in [0.2, 0.25) is 0 Å². The Morgan fingerprint density at radius 1 is 1.62 bits per heavy atom. The van der Waals surface area contributed by atoms with Gasteiger partial charge in [-0.05, 0) is 13.5 Å². The molecule has 0 radical (unpaired) electrons. The lowest BCUT2D eigenvalue weighted by atomic mass is 10.2. The highest BCUT2D eigenvalue weighted by Crippen LogP contribution is 2.22. The summed E-state index contributed by atoms with van der Waals surface area (Å²) in [6, 6.07) is 0. The fraction of sp³-hybridized carbons (Fsp3) is 1.00. The van der Waals surface area contributed by atoms with Gasteiger partial charge in [-0.2, -0.15) is 0 Å². The first kappa shape index (κ1) is 6.05. The molecule has 0 aromatic carbocycles. The van der Waals surface area contributed by atoms with E-state index in [0.29, 0.717) is 12.3 Å². The minimum absolute atomic E-state index is 0.370. The van der Waals surface area contributed by atoms with Crippen LogP contribution in [0.3, 0.4) is 0 Å². The second kappa shape index (κ2) is 2.46. The summed E-state index contributed by atoms with van der Waals surface area (Å²) in [6.45, 7) is 2.17. The van der Waals surface area contributed by atoms with Crippen LogP contribution < -0.4 is 5.32 Å². The zero-order valence-corrected chi connectivity index (χ0v) is 5.48. The van der Waals surface area contributed by atoms with Gasteiger partial charge in [-0.25, -0.2) is 0 Å². The predicted molar refractivity (Wildman–Crippen MR) is 32.6 cm³/mol. The largest absolute Gasteiger partial charge is 0.353 e.